The molecule has 2 saturated heterocycles. The summed E-state index contributed by atoms with van der Waals surface area (Å²) in [6.45, 7) is 5.15. The zero-order valence-electron chi connectivity index (χ0n) is 17.9. The maximum Gasteiger partial charge on any atom is 0.277 e. The molecule has 3 aromatic rings. The summed E-state index contributed by atoms with van der Waals surface area (Å²) < 4.78 is 0. The molecule has 168 valence electrons. The van der Waals surface area contributed by atoms with Crippen molar-refractivity contribution < 1.29 is 10.0 Å². The summed E-state index contributed by atoms with van der Waals surface area (Å²) in [5.41, 5.74) is 3.62. The van der Waals surface area contributed by atoms with Crippen molar-refractivity contribution in [1.82, 2.24) is 20.3 Å². The molecule has 3 heterocycles. The Morgan fingerprint density at radius 3 is 2.41 bits per heavy atom. The van der Waals surface area contributed by atoms with Crippen LogP contribution in [0.3, 0.4) is 0 Å². The molecule has 0 unspecified atom stereocenters. The Morgan fingerprint density at radius 1 is 1.00 bits per heavy atom. The number of anilines is 1. The lowest BCUT2D eigenvalue weighted by atomic mass is 9.78. The molecule has 5 rings (SSSR count). The van der Waals surface area contributed by atoms with Gasteiger partial charge in [-0.2, -0.15) is 0 Å². The summed E-state index contributed by atoms with van der Waals surface area (Å²) in [5, 5.41) is 11.3. The van der Waals surface area contributed by atoms with E-state index < -0.39 is 5.91 Å². The third-order valence-electron chi connectivity index (χ3n) is 6.85. The van der Waals surface area contributed by atoms with Crippen molar-refractivity contribution >= 4 is 35.0 Å². The van der Waals surface area contributed by atoms with Gasteiger partial charge in [-0.05, 0) is 53.6 Å². The number of likely N-dealkylation sites (tertiary alicyclic amines) is 1. The van der Waals surface area contributed by atoms with Gasteiger partial charge >= 0.3 is 0 Å². The number of nitrogens with one attached hydrogen (secondary N) is 1. The maximum atomic E-state index is 11.4. The average Bonchev–Trinajstić information content (AvgIpc) is 3.20. The van der Waals surface area contributed by atoms with Crippen molar-refractivity contribution in [3.8, 4) is 0 Å². The molecule has 2 N–H and O–H groups in total. The number of hydrogen-bond acceptors (Lipinski definition) is 6. The number of aromatic nitrogens is 2. The smallest absolute Gasteiger partial charge is 0.277 e. The lowest BCUT2D eigenvalue weighted by Gasteiger charge is -2.39. The normalized spacial score (nSPS) is 18.0. The van der Waals surface area contributed by atoms with Gasteiger partial charge in [-0.15, -0.1) is 12.4 Å². The molecule has 8 heteroatoms. The Morgan fingerprint density at radius 2 is 1.69 bits per heavy atom. The third-order valence-corrected chi connectivity index (χ3v) is 6.85. The van der Waals surface area contributed by atoms with Crippen molar-refractivity contribution in [2.24, 2.45) is 5.41 Å². The molecule has 0 bridgehead atoms. The SMILES string of the molecule is Cl.O=C(NO)c1cnc(N2CCC3(CCN(Cc4ccc5ccccc5c4)C3)CC2)nc1. The Labute approximate surface area is 193 Å². The molecule has 32 heavy (non-hydrogen) atoms. The molecule has 0 atom stereocenters. The molecule has 2 aliphatic heterocycles. The van der Waals surface area contributed by atoms with Crippen LogP contribution in [-0.2, 0) is 6.54 Å². The first-order valence-corrected chi connectivity index (χ1v) is 10.9. The second-order valence-corrected chi connectivity index (χ2v) is 8.84. The van der Waals surface area contributed by atoms with Crippen LogP contribution >= 0.6 is 12.4 Å². The first-order chi connectivity index (χ1) is 15.1. The predicted molar refractivity (Wildman–Crippen MR) is 126 cm³/mol. The van der Waals surface area contributed by atoms with Gasteiger partial charge in [0.1, 0.15) is 0 Å². The summed E-state index contributed by atoms with van der Waals surface area (Å²) in [6, 6.07) is 15.3. The largest absolute Gasteiger partial charge is 0.341 e. The van der Waals surface area contributed by atoms with Crippen LogP contribution in [-0.4, -0.2) is 52.2 Å². The zero-order valence-corrected chi connectivity index (χ0v) is 18.7. The fourth-order valence-corrected chi connectivity index (χ4v) is 5.01. The topological polar surface area (TPSA) is 81.6 Å². The molecule has 2 fully saturated rings. The van der Waals surface area contributed by atoms with Crippen LogP contribution in [0.5, 0.6) is 0 Å². The van der Waals surface area contributed by atoms with Crippen molar-refractivity contribution in [2.45, 2.75) is 25.8 Å². The maximum absolute atomic E-state index is 11.4. The van der Waals surface area contributed by atoms with Crippen LogP contribution in [0.2, 0.25) is 0 Å². The van der Waals surface area contributed by atoms with Gasteiger partial charge in [0.15, 0.2) is 0 Å². The zero-order chi connectivity index (χ0) is 21.3. The number of rotatable bonds is 4. The Balaban J connectivity index is 0.00000245. The van der Waals surface area contributed by atoms with Gasteiger partial charge in [0.2, 0.25) is 5.95 Å². The van der Waals surface area contributed by atoms with Crippen molar-refractivity contribution in [2.75, 3.05) is 31.1 Å². The molecule has 1 aromatic heterocycles. The molecular formula is C24H28ClN5O2. The van der Waals surface area contributed by atoms with Gasteiger partial charge in [0, 0.05) is 38.6 Å². The van der Waals surface area contributed by atoms with Crippen LogP contribution in [0.4, 0.5) is 5.95 Å². The monoisotopic (exact) mass is 453 g/mol. The van der Waals surface area contributed by atoms with Gasteiger partial charge in [-0.1, -0.05) is 36.4 Å². The molecule has 1 spiro atoms. The summed E-state index contributed by atoms with van der Waals surface area (Å²) in [6.07, 6.45) is 6.41. The second kappa shape index (κ2) is 9.40. The highest BCUT2D eigenvalue weighted by Crippen LogP contribution is 2.41. The molecule has 1 amide bonds. The highest BCUT2D eigenvalue weighted by molar-refractivity contribution is 5.92. The first-order valence-electron chi connectivity index (χ1n) is 10.9. The summed E-state index contributed by atoms with van der Waals surface area (Å²) in [5.74, 6) is 0.0527. The number of halogens is 1. The Bertz CT molecular complexity index is 1080. The number of nitrogens with zero attached hydrogens (tertiary/aromatic N) is 4. The number of hydrogen-bond donors (Lipinski definition) is 2. The summed E-state index contributed by atoms with van der Waals surface area (Å²) in [4.78, 5) is 24.9. The molecule has 7 nitrogen and oxygen atoms in total. The van der Waals surface area contributed by atoms with Gasteiger partial charge in [0.05, 0.1) is 5.56 Å². The van der Waals surface area contributed by atoms with Crippen LogP contribution < -0.4 is 10.4 Å². The first kappa shape index (κ1) is 22.5. The molecular weight excluding hydrogens is 426 g/mol. The number of amides is 1. The van der Waals surface area contributed by atoms with E-state index in [-0.39, 0.29) is 18.0 Å². The minimum Gasteiger partial charge on any atom is -0.341 e. The quantitative estimate of drug-likeness (QED) is 0.463. The van der Waals surface area contributed by atoms with E-state index in [1.165, 1.54) is 35.2 Å². The Hall–Kier alpha value is -2.74. The van der Waals surface area contributed by atoms with E-state index in [0.29, 0.717) is 11.4 Å². The minimum atomic E-state index is -0.596. The Kier molecular flexibility index (Phi) is 6.60. The standard InChI is InChI=1S/C24H27N5O2.ClH/c30-22(27-31)21-14-25-23(26-15-21)29-11-8-24(9-12-29)7-10-28(17-24)16-18-5-6-19-3-1-2-4-20(19)13-18;/h1-6,13-15,31H,7-12,16-17H2,(H,27,30);1H. The predicted octanol–water partition coefficient (Wildman–Crippen LogP) is 3.66. The van der Waals surface area contributed by atoms with Crippen LogP contribution in [0.15, 0.2) is 54.9 Å². The summed E-state index contributed by atoms with van der Waals surface area (Å²) >= 11 is 0. The second-order valence-electron chi connectivity index (χ2n) is 8.84. The lowest BCUT2D eigenvalue weighted by molar-refractivity contribution is 0.0705. The number of benzene rings is 2. The lowest BCUT2D eigenvalue weighted by Crippen LogP contribution is -2.42. The van der Waals surface area contributed by atoms with E-state index in [9.17, 15) is 4.79 Å². The van der Waals surface area contributed by atoms with E-state index in [0.717, 1.165) is 45.6 Å². The molecule has 0 aliphatic carbocycles. The van der Waals surface area contributed by atoms with Crippen molar-refractivity contribution in [3.05, 3.63) is 66.0 Å². The van der Waals surface area contributed by atoms with E-state index in [4.69, 9.17) is 5.21 Å². The van der Waals surface area contributed by atoms with Crippen LogP contribution in [0.1, 0.15) is 35.2 Å². The van der Waals surface area contributed by atoms with E-state index in [1.54, 1.807) is 5.48 Å². The number of carbonyl (C=O) groups excluding carboxylic acids is 1. The molecule has 0 radical (unpaired) electrons. The molecule has 2 aliphatic rings. The molecule has 0 saturated carbocycles. The highest BCUT2D eigenvalue weighted by Gasteiger charge is 2.40. The van der Waals surface area contributed by atoms with Gasteiger partial charge in [-0.3, -0.25) is 14.9 Å². The van der Waals surface area contributed by atoms with Gasteiger partial charge < -0.3 is 4.90 Å². The minimum absolute atomic E-state index is 0. The number of hydroxylamine groups is 1. The van der Waals surface area contributed by atoms with Crippen LogP contribution in [0, 0.1) is 5.41 Å². The summed E-state index contributed by atoms with van der Waals surface area (Å²) in [7, 11) is 0. The number of piperidine rings is 1. The van der Waals surface area contributed by atoms with Gasteiger partial charge in [0.25, 0.3) is 5.91 Å². The van der Waals surface area contributed by atoms with Crippen molar-refractivity contribution in [3.63, 3.8) is 0 Å². The highest BCUT2D eigenvalue weighted by atomic mass is 35.5. The van der Waals surface area contributed by atoms with Gasteiger partial charge in [-0.25, -0.2) is 15.4 Å². The fraction of sp³-hybridized carbons (Fsp3) is 0.375. The van der Waals surface area contributed by atoms with E-state index in [1.807, 2.05) is 0 Å². The average molecular weight is 454 g/mol. The number of carbonyl (C=O) groups is 1. The third kappa shape index (κ3) is 4.55. The van der Waals surface area contributed by atoms with Crippen LogP contribution in [0.25, 0.3) is 10.8 Å². The van der Waals surface area contributed by atoms with Crippen molar-refractivity contribution in [1.29, 1.82) is 0 Å². The fourth-order valence-electron chi connectivity index (χ4n) is 5.01. The number of fused-ring (bicyclic) bond motifs is 1. The van der Waals surface area contributed by atoms with E-state index >= 15 is 0 Å². The van der Waals surface area contributed by atoms with E-state index in [2.05, 4.69) is 62.2 Å². The molecule has 2 aromatic carbocycles.